The summed E-state index contributed by atoms with van der Waals surface area (Å²) in [5.41, 5.74) is -0.818. The third-order valence-electron chi connectivity index (χ3n) is 3.27. The number of nitrogens with zero attached hydrogens (tertiary/aromatic N) is 1. The number of aliphatic hydroxyl groups excluding tert-OH is 1. The van der Waals surface area contributed by atoms with E-state index in [1.54, 1.807) is 20.9 Å². The van der Waals surface area contributed by atoms with Crippen molar-refractivity contribution in [2.75, 3.05) is 13.7 Å². The molecule has 1 fully saturated rings. The van der Waals surface area contributed by atoms with Gasteiger partial charge in [-0.2, -0.15) is 17.4 Å². The van der Waals surface area contributed by atoms with Gasteiger partial charge in [-0.1, -0.05) is 19.3 Å². The summed E-state index contributed by atoms with van der Waals surface area (Å²) in [7, 11) is -1.89. The number of rotatable bonds is 5. The van der Waals surface area contributed by atoms with Crippen LogP contribution in [0.2, 0.25) is 0 Å². The molecule has 5 nitrogen and oxygen atoms in total. The van der Waals surface area contributed by atoms with Gasteiger partial charge in [-0.3, -0.25) is 0 Å². The van der Waals surface area contributed by atoms with Crippen molar-refractivity contribution in [3.63, 3.8) is 0 Å². The maximum absolute atomic E-state index is 12.1. The van der Waals surface area contributed by atoms with Crippen LogP contribution in [-0.2, 0) is 10.2 Å². The van der Waals surface area contributed by atoms with Crippen molar-refractivity contribution in [2.45, 2.75) is 57.5 Å². The Morgan fingerprint density at radius 1 is 1.29 bits per heavy atom. The van der Waals surface area contributed by atoms with Gasteiger partial charge in [0.25, 0.3) is 10.2 Å². The maximum Gasteiger partial charge on any atom is 0.280 e. The van der Waals surface area contributed by atoms with Crippen molar-refractivity contribution in [1.82, 2.24) is 9.03 Å². The average molecular weight is 264 g/mol. The second kappa shape index (κ2) is 5.65. The Hall–Kier alpha value is -0.170. The van der Waals surface area contributed by atoms with E-state index in [1.165, 1.54) is 10.7 Å². The molecule has 0 heterocycles. The molecule has 6 heteroatoms. The van der Waals surface area contributed by atoms with Crippen LogP contribution in [-0.4, -0.2) is 43.1 Å². The third kappa shape index (κ3) is 4.21. The van der Waals surface area contributed by atoms with E-state index in [9.17, 15) is 8.42 Å². The van der Waals surface area contributed by atoms with Crippen molar-refractivity contribution < 1.29 is 13.5 Å². The lowest BCUT2D eigenvalue weighted by Crippen LogP contribution is -2.53. The first kappa shape index (κ1) is 14.9. The van der Waals surface area contributed by atoms with Crippen LogP contribution in [0, 0.1) is 0 Å². The maximum atomic E-state index is 12.1. The van der Waals surface area contributed by atoms with Crippen LogP contribution in [0.25, 0.3) is 0 Å². The summed E-state index contributed by atoms with van der Waals surface area (Å²) in [5.74, 6) is 0. The zero-order valence-electron chi connectivity index (χ0n) is 10.9. The van der Waals surface area contributed by atoms with Crippen LogP contribution in [0.1, 0.15) is 46.0 Å². The molecule has 0 aromatic heterocycles. The fourth-order valence-corrected chi connectivity index (χ4v) is 3.60. The molecule has 102 valence electrons. The molecule has 0 radical (unpaired) electrons. The molecule has 0 aromatic carbocycles. The van der Waals surface area contributed by atoms with Gasteiger partial charge in [-0.25, -0.2) is 0 Å². The summed E-state index contributed by atoms with van der Waals surface area (Å²) < 4.78 is 28.2. The Morgan fingerprint density at radius 3 is 2.29 bits per heavy atom. The highest BCUT2D eigenvalue weighted by Gasteiger charge is 2.31. The number of nitrogens with one attached hydrogen (secondary N) is 1. The van der Waals surface area contributed by atoms with E-state index in [0.717, 1.165) is 25.7 Å². The van der Waals surface area contributed by atoms with Crippen molar-refractivity contribution >= 4 is 10.2 Å². The van der Waals surface area contributed by atoms with E-state index in [-0.39, 0.29) is 12.6 Å². The lowest BCUT2D eigenvalue weighted by atomic mass is 9.96. The monoisotopic (exact) mass is 264 g/mol. The molecule has 1 saturated carbocycles. The SMILES string of the molecule is CN(C1CCCCC1)S(=O)(=O)NC(C)(C)CO. The predicted molar refractivity (Wildman–Crippen MR) is 67.9 cm³/mol. The van der Waals surface area contributed by atoms with Gasteiger partial charge in [0.2, 0.25) is 0 Å². The molecule has 0 spiro atoms. The number of hydrogen-bond donors (Lipinski definition) is 2. The first-order valence-corrected chi connectivity index (χ1v) is 7.60. The van der Waals surface area contributed by atoms with Gasteiger partial charge in [-0.05, 0) is 26.7 Å². The second-order valence-corrected chi connectivity index (χ2v) is 7.19. The first-order chi connectivity index (χ1) is 7.78. The highest BCUT2D eigenvalue weighted by molar-refractivity contribution is 7.87. The van der Waals surface area contributed by atoms with E-state index >= 15 is 0 Å². The highest BCUT2D eigenvalue weighted by Crippen LogP contribution is 2.23. The van der Waals surface area contributed by atoms with E-state index < -0.39 is 15.7 Å². The molecule has 1 rings (SSSR count). The molecule has 0 atom stereocenters. The fourth-order valence-electron chi connectivity index (χ4n) is 2.09. The number of hydrogen-bond acceptors (Lipinski definition) is 3. The average Bonchev–Trinajstić information content (AvgIpc) is 2.28. The Bertz CT molecular complexity index is 335. The van der Waals surface area contributed by atoms with E-state index in [4.69, 9.17) is 5.11 Å². The Morgan fingerprint density at radius 2 is 1.82 bits per heavy atom. The summed E-state index contributed by atoms with van der Waals surface area (Å²) in [6.07, 6.45) is 5.23. The van der Waals surface area contributed by atoms with Crippen LogP contribution in [0.5, 0.6) is 0 Å². The Balaban J connectivity index is 2.69. The molecule has 0 amide bonds. The van der Waals surface area contributed by atoms with Crippen LogP contribution >= 0.6 is 0 Å². The summed E-state index contributed by atoms with van der Waals surface area (Å²) in [5, 5.41) is 9.10. The zero-order valence-corrected chi connectivity index (χ0v) is 11.8. The first-order valence-electron chi connectivity index (χ1n) is 6.16. The van der Waals surface area contributed by atoms with Crippen LogP contribution in [0.15, 0.2) is 0 Å². The zero-order chi connectivity index (χ0) is 13.1. The highest BCUT2D eigenvalue weighted by atomic mass is 32.2. The fraction of sp³-hybridized carbons (Fsp3) is 1.00. The van der Waals surface area contributed by atoms with Gasteiger partial charge in [0, 0.05) is 13.1 Å². The van der Waals surface area contributed by atoms with Crippen molar-refractivity contribution in [2.24, 2.45) is 0 Å². The largest absolute Gasteiger partial charge is 0.394 e. The van der Waals surface area contributed by atoms with E-state index in [2.05, 4.69) is 4.72 Å². The van der Waals surface area contributed by atoms with E-state index in [0.29, 0.717) is 0 Å². The number of aliphatic hydroxyl groups is 1. The normalized spacial score (nSPS) is 19.8. The molecule has 1 aliphatic rings. The summed E-state index contributed by atoms with van der Waals surface area (Å²) in [6, 6.07) is 0.0933. The Kier molecular flexibility index (Phi) is 4.95. The van der Waals surface area contributed by atoms with Gasteiger partial charge in [0.15, 0.2) is 0 Å². The molecule has 2 N–H and O–H groups in total. The summed E-state index contributed by atoms with van der Waals surface area (Å²) >= 11 is 0. The van der Waals surface area contributed by atoms with Gasteiger partial charge in [0.1, 0.15) is 0 Å². The van der Waals surface area contributed by atoms with Crippen molar-refractivity contribution in [1.29, 1.82) is 0 Å². The summed E-state index contributed by atoms with van der Waals surface area (Å²) in [6.45, 7) is 3.11. The summed E-state index contributed by atoms with van der Waals surface area (Å²) in [4.78, 5) is 0. The van der Waals surface area contributed by atoms with Crippen molar-refractivity contribution in [3.05, 3.63) is 0 Å². The molecule has 0 aliphatic heterocycles. The molecular formula is C11H24N2O3S. The minimum atomic E-state index is -3.51. The van der Waals surface area contributed by atoms with Gasteiger partial charge >= 0.3 is 0 Å². The topological polar surface area (TPSA) is 69.6 Å². The quantitative estimate of drug-likeness (QED) is 0.773. The lowest BCUT2D eigenvalue weighted by Gasteiger charge is -2.33. The van der Waals surface area contributed by atoms with Gasteiger partial charge in [0.05, 0.1) is 12.1 Å². The smallest absolute Gasteiger partial charge is 0.280 e. The standard InChI is InChI=1S/C11H24N2O3S/c1-11(2,9-14)12-17(15,16)13(3)10-7-5-4-6-8-10/h10,12,14H,4-9H2,1-3H3. The molecule has 0 bridgehead atoms. The minimum absolute atomic E-state index is 0.0933. The molecule has 1 aliphatic carbocycles. The van der Waals surface area contributed by atoms with Gasteiger partial charge < -0.3 is 5.11 Å². The van der Waals surface area contributed by atoms with Crippen LogP contribution in [0.4, 0.5) is 0 Å². The molecular weight excluding hydrogens is 240 g/mol. The molecule has 0 saturated heterocycles. The molecule has 0 unspecified atom stereocenters. The predicted octanol–water partition coefficient (Wildman–Crippen LogP) is 0.856. The Labute approximate surface area is 104 Å². The second-order valence-electron chi connectivity index (χ2n) is 5.46. The van der Waals surface area contributed by atoms with Gasteiger partial charge in [-0.15, -0.1) is 0 Å². The third-order valence-corrected chi connectivity index (χ3v) is 5.14. The minimum Gasteiger partial charge on any atom is -0.394 e. The molecule has 17 heavy (non-hydrogen) atoms. The van der Waals surface area contributed by atoms with Crippen LogP contribution in [0.3, 0.4) is 0 Å². The molecule has 0 aromatic rings. The van der Waals surface area contributed by atoms with Crippen molar-refractivity contribution in [3.8, 4) is 0 Å². The van der Waals surface area contributed by atoms with E-state index in [1.807, 2.05) is 0 Å². The lowest BCUT2D eigenvalue weighted by molar-refractivity contribution is 0.202. The van der Waals surface area contributed by atoms with Crippen LogP contribution < -0.4 is 4.72 Å².